The molecule has 2 aromatic rings. The lowest BCUT2D eigenvalue weighted by molar-refractivity contribution is 0.0933. The number of aromatic nitrogens is 2. The maximum atomic E-state index is 12.2. The molecule has 0 saturated heterocycles. The number of methoxy groups -OCH3 is 1. The van der Waals surface area contributed by atoms with Crippen molar-refractivity contribution in [3.05, 3.63) is 51.9 Å². The third kappa shape index (κ3) is 4.34. The summed E-state index contributed by atoms with van der Waals surface area (Å²) in [5.41, 5.74) is 0.652. The molecule has 0 bridgehead atoms. The average Bonchev–Trinajstić information content (AvgIpc) is 2.55. The zero-order valence-corrected chi connectivity index (χ0v) is 14.1. The maximum absolute atomic E-state index is 12.2. The van der Waals surface area contributed by atoms with Crippen LogP contribution in [-0.2, 0) is 0 Å². The molecule has 1 aromatic heterocycles. The molecule has 7 nitrogen and oxygen atoms in total. The smallest absolute Gasteiger partial charge is 0.272 e. The Bertz CT molecular complexity index is 750. The van der Waals surface area contributed by atoms with Gasteiger partial charge in [0.2, 0.25) is 0 Å². The minimum atomic E-state index is -0.375. The van der Waals surface area contributed by atoms with E-state index in [9.17, 15) is 9.59 Å². The molecule has 1 atom stereocenters. The van der Waals surface area contributed by atoms with E-state index in [0.717, 1.165) is 5.56 Å². The molecule has 2 N–H and O–H groups in total. The molecule has 1 heterocycles. The molecule has 2 rings (SSSR count). The second-order valence-electron chi connectivity index (χ2n) is 5.58. The van der Waals surface area contributed by atoms with Crippen LogP contribution in [-0.4, -0.2) is 29.3 Å². The van der Waals surface area contributed by atoms with E-state index < -0.39 is 0 Å². The van der Waals surface area contributed by atoms with E-state index in [1.807, 2.05) is 39.0 Å². The largest absolute Gasteiger partial charge is 0.493 e. The van der Waals surface area contributed by atoms with Crippen molar-refractivity contribution in [1.82, 2.24) is 15.5 Å². The fourth-order valence-corrected chi connectivity index (χ4v) is 2.13. The van der Waals surface area contributed by atoms with Crippen LogP contribution in [0.5, 0.6) is 11.5 Å². The van der Waals surface area contributed by atoms with Crippen LogP contribution in [0.4, 0.5) is 0 Å². The average molecular weight is 331 g/mol. The monoisotopic (exact) mass is 331 g/mol. The molecule has 0 aliphatic rings. The van der Waals surface area contributed by atoms with Crippen molar-refractivity contribution in [3.63, 3.8) is 0 Å². The van der Waals surface area contributed by atoms with Crippen LogP contribution in [0.25, 0.3) is 0 Å². The summed E-state index contributed by atoms with van der Waals surface area (Å²) in [6, 6.07) is 7.87. The minimum Gasteiger partial charge on any atom is -0.493 e. The molecule has 1 aromatic carbocycles. The highest BCUT2D eigenvalue weighted by Gasteiger charge is 2.15. The van der Waals surface area contributed by atoms with Gasteiger partial charge in [0.15, 0.2) is 11.5 Å². The number of nitrogens with zero attached hydrogens (tertiary/aromatic N) is 1. The van der Waals surface area contributed by atoms with Gasteiger partial charge in [-0.25, -0.2) is 5.10 Å². The lowest BCUT2D eigenvalue weighted by Gasteiger charge is -2.18. The number of benzene rings is 1. The number of aromatic amines is 1. The van der Waals surface area contributed by atoms with Gasteiger partial charge in [0.1, 0.15) is 5.69 Å². The van der Waals surface area contributed by atoms with Gasteiger partial charge >= 0.3 is 0 Å². The standard InChI is InChI=1S/C17H21N3O4/c1-10(2)24-14-7-5-12(9-15(14)23-4)11(3)18-17(22)13-6-8-16(21)20-19-13/h5-11H,1-4H3,(H,18,22)(H,20,21). The first-order valence-electron chi connectivity index (χ1n) is 7.62. The minimum absolute atomic E-state index is 0.0354. The Balaban J connectivity index is 2.14. The van der Waals surface area contributed by atoms with Gasteiger partial charge in [-0.15, -0.1) is 0 Å². The van der Waals surface area contributed by atoms with Crippen LogP contribution in [0.15, 0.2) is 35.1 Å². The Hall–Kier alpha value is -2.83. The van der Waals surface area contributed by atoms with E-state index in [1.54, 1.807) is 7.11 Å². The molecule has 0 spiro atoms. The van der Waals surface area contributed by atoms with E-state index in [4.69, 9.17) is 9.47 Å². The van der Waals surface area contributed by atoms with E-state index >= 15 is 0 Å². The van der Waals surface area contributed by atoms with Crippen molar-refractivity contribution >= 4 is 5.91 Å². The topological polar surface area (TPSA) is 93.3 Å². The number of ether oxygens (including phenoxy) is 2. The highest BCUT2D eigenvalue weighted by Crippen LogP contribution is 2.31. The van der Waals surface area contributed by atoms with E-state index in [-0.39, 0.29) is 29.3 Å². The van der Waals surface area contributed by atoms with Crippen molar-refractivity contribution in [2.24, 2.45) is 0 Å². The van der Waals surface area contributed by atoms with Crippen LogP contribution in [0.3, 0.4) is 0 Å². The molecule has 1 unspecified atom stereocenters. The number of carbonyl (C=O) groups excluding carboxylic acids is 1. The third-order valence-corrected chi connectivity index (χ3v) is 3.31. The molecule has 1 amide bonds. The van der Waals surface area contributed by atoms with Crippen LogP contribution >= 0.6 is 0 Å². The van der Waals surface area contributed by atoms with Gasteiger partial charge in [0.05, 0.1) is 19.3 Å². The second-order valence-corrected chi connectivity index (χ2v) is 5.58. The Morgan fingerprint density at radius 3 is 2.50 bits per heavy atom. The summed E-state index contributed by atoms with van der Waals surface area (Å²) in [6.45, 7) is 5.72. The van der Waals surface area contributed by atoms with Crippen molar-refractivity contribution in [3.8, 4) is 11.5 Å². The van der Waals surface area contributed by atoms with Gasteiger partial charge in [-0.2, -0.15) is 5.10 Å². The molecule has 0 radical (unpaired) electrons. The van der Waals surface area contributed by atoms with Crippen molar-refractivity contribution in [2.45, 2.75) is 32.9 Å². The first-order chi connectivity index (χ1) is 11.4. The predicted octanol–water partition coefficient (Wildman–Crippen LogP) is 2.06. The molecule has 7 heteroatoms. The molecule has 0 aliphatic heterocycles. The summed E-state index contributed by atoms with van der Waals surface area (Å²) in [4.78, 5) is 23.1. The number of amides is 1. The third-order valence-electron chi connectivity index (χ3n) is 3.31. The van der Waals surface area contributed by atoms with Gasteiger partial charge in [-0.3, -0.25) is 9.59 Å². The summed E-state index contributed by atoms with van der Waals surface area (Å²) in [5.74, 6) is 0.877. The maximum Gasteiger partial charge on any atom is 0.272 e. The molecular formula is C17H21N3O4. The SMILES string of the molecule is COc1cc(C(C)NC(=O)c2ccc(=O)[nH]n2)ccc1OC(C)C. The quantitative estimate of drug-likeness (QED) is 0.845. The second kappa shape index (κ2) is 7.63. The van der Waals surface area contributed by atoms with E-state index in [1.165, 1.54) is 12.1 Å². The highest BCUT2D eigenvalue weighted by molar-refractivity contribution is 5.92. The summed E-state index contributed by atoms with van der Waals surface area (Å²) in [5, 5.41) is 8.77. The number of carbonyl (C=O) groups is 1. The first kappa shape index (κ1) is 17.5. The lowest BCUT2D eigenvalue weighted by Crippen LogP contribution is -2.28. The first-order valence-corrected chi connectivity index (χ1v) is 7.62. The lowest BCUT2D eigenvalue weighted by atomic mass is 10.1. The van der Waals surface area contributed by atoms with E-state index in [0.29, 0.717) is 11.5 Å². The van der Waals surface area contributed by atoms with Crippen molar-refractivity contribution in [1.29, 1.82) is 0 Å². The summed E-state index contributed by atoms with van der Waals surface area (Å²) in [7, 11) is 1.57. The molecule has 0 fully saturated rings. The summed E-state index contributed by atoms with van der Waals surface area (Å²) < 4.78 is 11.0. The highest BCUT2D eigenvalue weighted by atomic mass is 16.5. The predicted molar refractivity (Wildman–Crippen MR) is 89.5 cm³/mol. The van der Waals surface area contributed by atoms with Gasteiger partial charge in [-0.1, -0.05) is 6.07 Å². The van der Waals surface area contributed by atoms with Gasteiger partial charge in [-0.05, 0) is 44.5 Å². The van der Waals surface area contributed by atoms with Gasteiger partial charge < -0.3 is 14.8 Å². The van der Waals surface area contributed by atoms with Crippen molar-refractivity contribution < 1.29 is 14.3 Å². The molecule has 128 valence electrons. The molecule has 0 saturated carbocycles. The zero-order chi connectivity index (χ0) is 17.7. The molecule has 24 heavy (non-hydrogen) atoms. The van der Waals surface area contributed by atoms with Crippen LogP contribution < -0.4 is 20.3 Å². The summed E-state index contributed by atoms with van der Waals surface area (Å²) in [6.07, 6.45) is 0.0354. The Kier molecular flexibility index (Phi) is 5.57. The zero-order valence-electron chi connectivity index (χ0n) is 14.1. The molecular weight excluding hydrogens is 310 g/mol. The Labute approximate surface area is 140 Å². The number of hydrogen-bond acceptors (Lipinski definition) is 5. The van der Waals surface area contributed by atoms with Crippen molar-refractivity contribution in [2.75, 3.05) is 7.11 Å². The normalized spacial score (nSPS) is 11.9. The number of hydrogen-bond donors (Lipinski definition) is 2. The number of H-pyrrole nitrogens is 1. The van der Waals surface area contributed by atoms with Crippen LogP contribution in [0.1, 0.15) is 42.9 Å². The Morgan fingerprint density at radius 1 is 1.17 bits per heavy atom. The van der Waals surface area contributed by atoms with Gasteiger partial charge in [0.25, 0.3) is 11.5 Å². The fraction of sp³-hybridized carbons (Fsp3) is 0.353. The van der Waals surface area contributed by atoms with E-state index in [2.05, 4.69) is 15.5 Å². The fourth-order valence-electron chi connectivity index (χ4n) is 2.13. The van der Waals surface area contributed by atoms with Crippen LogP contribution in [0, 0.1) is 0 Å². The van der Waals surface area contributed by atoms with Gasteiger partial charge in [0, 0.05) is 6.07 Å². The number of rotatable bonds is 6. The van der Waals surface area contributed by atoms with Crippen LogP contribution in [0.2, 0.25) is 0 Å². The Morgan fingerprint density at radius 2 is 1.92 bits per heavy atom. The molecule has 0 aliphatic carbocycles. The number of nitrogens with one attached hydrogen (secondary N) is 2. The summed E-state index contributed by atoms with van der Waals surface area (Å²) >= 11 is 0.